The van der Waals surface area contributed by atoms with E-state index in [9.17, 15) is 9.90 Å². The number of piperidine rings is 2. The van der Waals surface area contributed by atoms with Crippen LogP contribution in [0.2, 0.25) is 0 Å². The highest BCUT2D eigenvalue weighted by Crippen LogP contribution is 2.22. The minimum absolute atomic E-state index is 0.0375. The number of hydrogen-bond acceptors (Lipinski definition) is 5. The molecule has 1 amide bonds. The van der Waals surface area contributed by atoms with Gasteiger partial charge in [0.2, 0.25) is 0 Å². The molecule has 0 spiro atoms. The summed E-state index contributed by atoms with van der Waals surface area (Å²) < 4.78 is 10.5. The van der Waals surface area contributed by atoms with Crippen molar-refractivity contribution in [3.8, 4) is 0 Å². The lowest BCUT2D eigenvalue weighted by Crippen LogP contribution is -2.50. The van der Waals surface area contributed by atoms with Gasteiger partial charge in [0.15, 0.2) is 5.76 Å². The first-order valence-corrected chi connectivity index (χ1v) is 8.46. The molecule has 2 aliphatic rings. The number of ether oxygens (including phenoxy) is 1. The molecule has 1 unspecified atom stereocenters. The lowest BCUT2D eigenvalue weighted by molar-refractivity contribution is 0.0233. The van der Waals surface area contributed by atoms with Gasteiger partial charge < -0.3 is 19.2 Å². The minimum Gasteiger partial charge on any atom is -0.453 e. The van der Waals surface area contributed by atoms with Crippen molar-refractivity contribution < 1.29 is 19.1 Å². The normalized spacial score (nSPS) is 24.1. The number of carbonyl (C=O) groups is 1. The molecule has 3 rings (SSSR count). The van der Waals surface area contributed by atoms with Gasteiger partial charge in [-0.05, 0) is 44.4 Å². The van der Waals surface area contributed by atoms with Gasteiger partial charge in [0.25, 0.3) is 5.91 Å². The molecule has 23 heavy (non-hydrogen) atoms. The Morgan fingerprint density at radius 2 is 2.09 bits per heavy atom. The summed E-state index contributed by atoms with van der Waals surface area (Å²) >= 11 is 0. The van der Waals surface area contributed by atoms with Gasteiger partial charge in [-0.2, -0.15) is 0 Å². The zero-order valence-corrected chi connectivity index (χ0v) is 13.7. The van der Waals surface area contributed by atoms with Gasteiger partial charge in [-0.3, -0.25) is 9.69 Å². The number of amides is 1. The van der Waals surface area contributed by atoms with Gasteiger partial charge in [0, 0.05) is 32.8 Å². The molecular formula is C17H26N2O4. The minimum atomic E-state index is -0.189. The Balaban J connectivity index is 1.52. The molecule has 1 aromatic rings. The molecule has 6 nitrogen and oxygen atoms in total. The summed E-state index contributed by atoms with van der Waals surface area (Å²) in [5.41, 5.74) is 0. The Morgan fingerprint density at radius 3 is 2.78 bits per heavy atom. The number of aliphatic hydroxyl groups is 1. The summed E-state index contributed by atoms with van der Waals surface area (Å²) in [5, 5.41) is 9.82. The van der Waals surface area contributed by atoms with E-state index >= 15 is 0 Å². The number of β-amino-alcohol motifs (C(OH)–C–C–N with tert-alkyl or cyclic N) is 1. The summed E-state index contributed by atoms with van der Waals surface area (Å²) in [6.45, 7) is 3.71. The second-order valence-electron chi connectivity index (χ2n) is 6.51. The van der Waals surface area contributed by atoms with Gasteiger partial charge in [-0.25, -0.2) is 0 Å². The lowest BCUT2D eigenvalue weighted by Gasteiger charge is -2.41. The van der Waals surface area contributed by atoms with Gasteiger partial charge in [-0.1, -0.05) is 0 Å². The molecule has 2 aliphatic heterocycles. The third-order valence-electron chi connectivity index (χ3n) is 4.86. The van der Waals surface area contributed by atoms with E-state index in [1.54, 1.807) is 19.2 Å². The topological polar surface area (TPSA) is 66.2 Å². The molecule has 2 saturated heterocycles. The Labute approximate surface area is 137 Å². The van der Waals surface area contributed by atoms with Crippen LogP contribution in [0, 0.1) is 0 Å². The summed E-state index contributed by atoms with van der Waals surface area (Å²) in [6.07, 6.45) is 3.71. The molecule has 6 heteroatoms. The fourth-order valence-electron chi connectivity index (χ4n) is 3.62. The van der Waals surface area contributed by atoms with Crippen LogP contribution in [0.5, 0.6) is 0 Å². The van der Waals surface area contributed by atoms with Crippen LogP contribution in [-0.4, -0.2) is 66.2 Å². The summed E-state index contributed by atoms with van der Waals surface area (Å²) in [5.74, 6) is 1.03. The smallest absolute Gasteiger partial charge is 0.289 e. The number of carbonyl (C=O) groups excluding carboxylic acids is 1. The van der Waals surface area contributed by atoms with Crippen molar-refractivity contribution in [1.82, 2.24) is 9.80 Å². The summed E-state index contributed by atoms with van der Waals surface area (Å²) in [4.78, 5) is 16.7. The predicted molar refractivity (Wildman–Crippen MR) is 85.2 cm³/mol. The average molecular weight is 322 g/mol. The maximum atomic E-state index is 12.5. The number of hydrogen-bond donors (Lipinski definition) is 1. The Morgan fingerprint density at radius 1 is 1.30 bits per heavy atom. The number of aliphatic hydroxyl groups excluding tert-OH is 1. The Bertz CT molecular complexity index is 522. The third-order valence-corrected chi connectivity index (χ3v) is 4.86. The number of rotatable bonds is 4. The second-order valence-corrected chi connectivity index (χ2v) is 6.51. The average Bonchev–Trinajstić information content (AvgIpc) is 3.03. The standard InChI is InChI=1S/C17H26N2O4/c1-22-12-15-4-5-16(23-15)17(21)18-9-6-13(7-10-18)19-8-2-3-14(20)11-19/h4-5,13-14,20H,2-3,6-12H2,1H3. The fraction of sp³-hybridized carbons (Fsp3) is 0.706. The van der Waals surface area contributed by atoms with E-state index in [0.717, 1.165) is 51.9 Å². The molecule has 3 heterocycles. The number of nitrogens with zero attached hydrogens (tertiary/aromatic N) is 2. The van der Waals surface area contributed by atoms with Crippen LogP contribution in [-0.2, 0) is 11.3 Å². The van der Waals surface area contributed by atoms with E-state index in [-0.39, 0.29) is 12.0 Å². The maximum absolute atomic E-state index is 12.5. The largest absolute Gasteiger partial charge is 0.453 e. The van der Waals surface area contributed by atoms with Crippen molar-refractivity contribution in [1.29, 1.82) is 0 Å². The number of likely N-dealkylation sites (tertiary alicyclic amines) is 2. The molecule has 0 radical (unpaired) electrons. The fourth-order valence-corrected chi connectivity index (χ4v) is 3.62. The number of methoxy groups -OCH3 is 1. The highest BCUT2D eigenvalue weighted by Gasteiger charge is 2.30. The van der Waals surface area contributed by atoms with E-state index in [0.29, 0.717) is 24.2 Å². The van der Waals surface area contributed by atoms with Crippen molar-refractivity contribution in [3.63, 3.8) is 0 Å². The van der Waals surface area contributed by atoms with Gasteiger partial charge in [-0.15, -0.1) is 0 Å². The van der Waals surface area contributed by atoms with Crippen LogP contribution in [0.15, 0.2) is 16.5 Å². The molecule has 0 aliphatic carbocycles. The van der Waals surface area contributed by atoms with Crippen LogP contribution in [0.3, 0.4) is 0 Å². The molecule has 0 bridgehead atoms. The molecule has 1 atom stereocenters. The zero-order valence-electron chi connectivity index (χ0n) is 13.7. The summed E-state index contributed by atoms with van der Waals surface area (Å²) in [7, 11) is 1.60. The third kappa shape index (κ3) is 3.94. The lowest BCUT2D eigenvalue weighted by atomic mass is 9.99. The highest BCUT2D eigenvalue weighted by molar-refractivity contribution is 5.91. The van der Waals surface area contributed by atoms with Gasteiger partial charge in [0.1, 0.15) is 12.4 Å². The van der Waals surface area contributed by atoms with E-state index in [1.165, 1.54) is 0 Å². The van der Waals surface area contributed by atoms with Crippen LogP contribution in [0.1, 0.15) is 42.0 Å². The monoisotopic (exact) mass is 322 g/mol. The van der Waals surface area contributed by atoms with Crippen molar-refractivity contribution in [2.24, 2.45) is 0 Å². The number of furan rings is 1. The first-order chi connectivity index (χ1) is 11.2. The molecular weight excluding hydrogens is 296 g/mol. The second kappa shape index (κ2) is 7.47. The van der Waals surface area contributed by atoms with Crippen LogP contribution >= 0.6 is 0 Å². The van der Waals surface area contributed by atoms with E-state index in [1.807, 2.05) is 4.90 Å². The molecule has 128 valence electrons. The Kier molecular flexibility index (Phi) is 5.35. The SMILES string of the molecule is COCc1ccc(C(=O)N2CCC(N3CCCC(O)C3)CC2)o1. The van der Waals surface area contributed by atoms with Crippen LogP contribution in [0.25, 0.3) is 0 Å². The molecule has 0 saturated carbocycles. The van der Waals surface area contributed by atoms with Gasteiger partial charge in [0.05, 0.1) is 6.10 Å². The van der Waals surface area contributed by atoms with Crippen LogP contribution in [0.4, 0.5) is 0 Å². The molecule has 1 N–H and O–H groups in total. The summed E-state index contributed by atoms with van der Waals surface area (Å²) in [6, 6.07) is 4.00. The first kappa shape index (κ1) is 16.5. The predicted octanol–water partition coefficient (Wildman–Crippen LogP) is 1.49. The van der Waals surface area contributed by atoms with Crippen molar-refractivity contribution >= 4 is 5.91 Å². The van der Waals surface area contributed by atoms with Gasteiger partial charge >= 0.3 is 0 Å². The van der Waals surface area contributed by atoms with Crippen LogP contribution < -0.4 is 0 Å². The van der Waals surface area contributed by atoms with Crippen molar-refractivity contribution in [2.75, 3.05) is 33.3 Å². The molecule has 2 fully saturated rings. The quantitative estimate of drug-likeness (QED) is 0.910. The van der Waals surface area contributed by atoms with Crippen molar-refractivity contribution in [3.05, 3.63) is 23.7 Å². The molecule has 1 aromatic heterocycles. The first-order valence-electron chi connectivity index (χ1n) is 8.46. The van der Waals surface area contributed by atoms with E-state index in [2.05, 4.69) is 4.90 Å². The van der Waals surface area contributed by atoms with Crippen molar-refractivity contribution in [2.45, 2.75) is 44.4 Å². The van der Waals surface area contributed by atoms with E-state index < -0.39 is 0 Å². The van der Waals surface area contributed by atoms with E-state index in [4.69, 9.17) is 9.15 Å². The zero-order chi connectivity index (χ0) is 16.2. The Hall–Kier alpha value is -1.37. The maximum Gasteiger partial charge on any atom is 0.289 e. The molecule has 0 aromatic carbocycles. The highest BCUT2D eigenvalue weighted by atomic mass is 16.5.